The largest absolute Gasteiger partial charge is 0.357 e. The van der Waals surface area contributed by atoms with Gasteiger partial charge in [0.15, 0.2) is 0 Å². The first-order valence-corrected chi connectivity index (χ1v) is 7.20. The van der Waals surface area contributed by atoms with Crippen LogP contribution in [0.2, 0.25) is 0 Å². The zero-order valence-corrected chi connectivity index (χ0v) is 12.7. The molecule has 1 heterocycles. The van der Waals surface area contributed by atoms with Crippen molar-refractivity contribution in [3.63, 3.8) is 0 Å². The molecule has 0 atom stereocenters. The first-order chi connectivity index (χ1) is 8.58. The maximum atomic E-state index is 4.73. The molecular weight excluding hydrogens is 220 g/mol. The second kappa shape index (κ2) is 7.40. The molecule has 18 heavy (non-hydrogen) atoms. The van der Waals surface area contributed by atoms with Gasteiger partial charge in [0.2, 0.25) is 0 Å². The Morgan fingerprint density at radius 3 is 2.33 bits per heavy atom. The Labute approximate surface area is 112 Å². The Balaban J connectivity index is 2.76. The number of hydrogen-bond donors (Lipinski definition) is 0. The molecule has 0 aliphatic carbocycles. The summed E-state index contributed by atoms with van der Waals surface area (Å²) in [6.07, 6.45) is 7.80. The van der Waals surface area contributed by atoms with Crippen molar-refractivity contribution in [2.45, 2.75) is 53.9 Å². The summed E-state index contributed by atoms with van der Waals surface area (Å²) in [5, 5.41) is 0. The van der Waals surface area contributed by atoms with Crippen LogP contribution in [-0.4, -0.2) is 24.2 Å². The molecule has 0 aromatic rings. The van der Waals surface area contributed by atoms with Crippen molar-refractivity contribution in [1.29, 1.82) is 0 Å². The Morgan fingerprint density at radius 2 is 1.89 bits per heavy atom. The summed E-state index contributed by atoms with van der Waals surface area (Å²) in [6.45, 7) is 13.2. The molecule has 0 radical (unpaired) electrons. The van der Waals surface area contributed by atoms with Gasteiger partial charge in [-0.3, -0.25) is 0 Å². The lowest BCUT2D eigenvalue weighted by Crippen LogP contribution is -2.32. The summed E-state index contributed by atoms with van der Waals surface area (Å²) in [5.74, 6) is 2.04. The minimum Gasteiger partial charge on any atom is -0.357 e. The van der Waals surface area contributed by atoms with Crippen LogP contribution in [0.15, 0.2) is 28.0 Å². The second-order valence-corrected chi connectivity index (χ2v) is 5.47. The fourth-order valence-corrected chi connectivity index (χ4v) is 2.26. The number of likely N-dealkylation sites (tertiary alicyclic amines) is 1. The van der Waals surface area contributed by atoms with Crippen molar-refractivity contribution in [3.05, 3.63) is 23.0 Å². The quantitative estimate of drug-likeness (QED) is 0.673. The standard InChI is InChI=1S/C16H28N2/c1-6-15(7-2)12-17-16(13(3)4)18-10-8-14(5)9-11-18/h6,12,14H,7-11H2,1-5H3/b15-6-,17-12-. The number of hydrogen-bond acceptors (Lipinski definition) is 2. The monoisotopic (exact) mass is 248 g/mol. The highest BCUT2D eigenvalue weighted by Gasteiger charge is 2.17. The van der Waals surface area contributed by atoms with Crippen LogP contribution < -0.4 is 0 Å². The number of aliphatic imine (C=N–C) groups is 1. The molecule has 0 aromatic heterocycles. The first-order valence-electron chi connectivity index (χ1n) is 7.20. The molecule has 0 unspecified atom stereocenters. The number of allylic oxidation sites excluding steroid dienone is 3. The Bertz CT molecular complexity index is 338. The smallest absolute Gasteiger partial charge is 0.127 e. The van der Waals surface area contributed by atoms with Crippen molar-refractivity contribution in [1.82, 2.24) is 4.90 Å². The minimum atomic E-state index is 0.866. The maximum Gasteiger partial charge on any atom is 0.127 e. The van der Waals surface area contributed by atoms with Gasteiger partial charge in [-0.1, -0.05) is 19.9 Å². The lowest BCUT2D eigenvalue weighted by atomic mass is 9.99. The summed E-state index contributed by atoms with van der Waals surface area (Å²) < 4.78 is 0. The summed E-state index contributed by atoms with van der Waals surface area (Å²) in [4.78, 5) is 7.17. The van der Waals surface area contributed by atoms with E-state index in [0.29, 0.717) is 0 Å². The molecule has 1 rings (SSSR count). The molecule has 1 saturated heterocycles. The van der Waals surface area contributed by atoms with Gasteiger partial charge >= 0.3 is 0 Å². The van der Waals surface area contributed by atoms with E-state index in [1.165, 1.54) is 29.8 Å². The molecule has 2 heteroatoms. The average Bonchev–Trinajstić information content (AvgIpc) is 2.36. The van der Waals surface area contributed by atoms with Crippen LogP contribution in [-0.2, 0) is 0 Å². The zero-order valence-electron chi connectivity index (χ0n) is 12.7. The molecule has 2 nitrogen and oxygen atoms in total. The van der Waals surface area contributed by atoms with Gasteiger partial charge in [0.1, 0.15) is 5.82 Å². The third-order valence-electron chi connectivity index (χ3n) is 3.66. The normalized spacial score (nSPS) is 18.5. The van der Waals surface area contributed by atoms with E-state index in [1.54, 1.807) is 0 Å². The van der Waals surface area contributed by atoms with Crippen LogP contribution in [0.3, 0.4) is 0 Å². The van der Waals surface area contributed by atoms with Gasteiger partial charge in [0.05, 0.1) is 0 Å². The van der Waals surface area contributed by atoms with Crippen LogP contribution >= 0.6 is 0 Å². The fourth-order valence-electron chi connectivity index (χ4n) is 2.26. The zero-order chi connectivity index (χ0) is 13.5. The molecule has 0 saturated carbocycles. The summed E-state index contributed by atoms with van der Waals surface area (Å²) in [5.41, 5.74) is 2.62. The average molecular weight is 248 g/mol. The van der Waals surface area contributed by atoms with Crippen LogP contribution in [0.4, 0.5) is 0 Å². The van der Waals surface area contributed by atoms with Gasteiger partial charge in [-0.15, -0.1) is 0 Å². The number of nitrogens with zero attached hydrogens (tertiary/aromatic N) is 2. The summed E-state index contributed by atoms with van der Waals surface area (Å²) >= 11 is 0. The van der Waals surface area contributed by atoms with E-state index in [1.807, 2.05) is 6.21 Å². The Kier molecular flexibility index (Phi) is 6.17. The van der Waals surface area contributed by atoms with Crippen LogP contribution in [0.25, 0.3) is 0 Å². The third kappa shape index (κ3) is 4.32. The summed E-state index contributed by atoms with van der Waals surface area (Å²) in [7, 11) is 0. The molecule has 0 N–H and O–H groups in total. The Hall–Kier alpha value is -1.05. The number of piperidine rings is 1. The van der Waals surface area contributed by atoms with E-state index in [9.17, 15) is 0 Å². The van der Waals surface area contributed by atoms with Gasteiger partial charge in [-0.2, -0.15) is 0 Å². The van der Waals surface area contributed by atoms with Gasteiger partial charge < -0.3 is 4.90 Å². The lowest BCUT2D eigenvalue weighted by molar-refractivity contribution is 0.234. The predicted molar refractivity (Wildman–Crippen MR) is 80.9 cm³/mol. The molecule has 0 amide bonds. The van der Waals surface area contributed by atoms with Crippen molar-refractivity contribution in [2.75, 3.05) is 13.1 Å². The van der Waals surface area contributed by atoms with E-state index in [2.05, 4.69) is 45.6 Å². The Morgan fingerprint density at radius 1 is 1.28 bits per heavy atom. The van der Waals surface area contributed by atoms with E-state index in [4.69, 9.17) is 4.99 Å². The molecule has 1 aliphatic rings. The topological polar surface area (TPSA) is 15.6 Å². The van der Waals surface area contributed by atoms with Gasteiger partial charge in [-0.25, -0.2) is 4.99 Å². The third-order valence-corrected chi connectivity index (χ3v) is 3.66. The number of rotatable bonds is 4. The van der Waals surface area contributed by atoms with Crippen LogP contribution in [0.5, 0.6) is 0 Å². The van der Waals surface area contributed by atoms with E-state index in [-0.39, 0.29) is 0 Å². The SMILES string of the molecule is C/C=C(\C=N/C(=C(C)C)N1CCC(C)CC1)CC. The molecule has 0 aromatic carbocycles. The van der Waals surface area contributed by atoms with E-state index in [0.717, 1.165) is 25.4 Å². The fraction of sp³-hybridized carbons (Fsp3) is 0.688. The van der Waals surface area contributed by atoms with Crippen molar-refractivity contribution in [3.8, 4) is 0 Å². The molecule has 0 spiro atoms. The van der Waals surface area contributed by atoms with Crippen molar-refractivity contribution in [2.24, 2.45) is 10.9 Å². The van der Waals surface area contributed by atoms with E-state index < -0.39 is 0 Å². The van der Waals surface area contributed by atoms with Gasteiger partial charge in [0, 0.05) is 19.3 Å². The van der Waals surface area contributed by atoms with Crippen molar-refractivity contribution < 1.29 is 0 Å². The maximum absolute atomic E-state index is 4.73. The highest BCUT2D eigenvalue weighted by Crippen LogP contribution is 2.22. The predicted octanol–water partition coefficient (Wildman–Crippen LogP) is 4.40. The molecular formula is C16H28N2. The molecule has 0 bridgehead atoms. The van der Waals surface area contributed by atoms with E-state index >= 15 is 0 Å². The van der Waals surface area contributed by atoms with Crippen molar-refractivity contribution >= 4 is 6.21 Å². The van der Waals surface area contributed by atoms with Crippen LogP contribution in [0, 0.1) is 5.92 Å². The van der Waals surface area contributed by atoms with Gasteiger partial charge in [0.25, 0.3) is 0 Å². The highest BCUT2D eigenvalue weighted by atomic mass is 15.2. The lowest BCUT2D eigenvalue weighted by Gasteiger charge is -2.32. The second-order valence-electron chi connectivity index (χ2n) is 5.47. The highest BCUT2D eigenvalue weighted by molar-refractivity contribution is 5.79. The van der Waals surface area contributed by atoms with Crippen LogP contribution in [0.1, 0.15) is 53.9 Å². The van der Waals surface area contributed by atoms with Gasteiger partial charge in [-0.05, 0) is 57.1 Å². The first kappa shape index (κ1) is 15.0. The summed E-state index contributed by atoms with van der Waals surface area (Å²) in [6, 6.07) is 0. The molecule has 1 aliphatic heterocycles. The molecule has 1 fully saturated rings. The molecule has 102 valence electrons. The minimum absolute atomic E-state index is 0.866.